The fraction of sp³-hybridized carbons (Fsp3) is 0.522. The molecule has 1 aromatic carbocycles. The largest absolute Gasteiger partial charge is 0.390 e. The summed E-state index contributed by atoms with van der Waals surface area (Å²) in [6.07, 6.45) is 7.93. The number of rotatable bonds is 5. The van der Waals surface area contributed by atoms with Gasteiger partial charge in [-0.2, -0.15) is 9.49 Å². The van der Waals surface area contributed by atoms with Crippen molar-refractivity contribution in [3.63, 3.8) is 0 Å². The average molecular weight is 426 g/mol. The van der Waals surface area contributed by atoms with Crippen LogP contribution in [-0.4, -0.2) is 56.6 Å². The normalized spacial score (nSPS) is 23.9. The van der Waals surface area contributed by atoms with Crippen molar-refractivity contribution in [1.29, 1.82) is 0 Å². The Morgan fingerprint density at radius 1 is 1.19 bits per heavy atom. The molecule has 0 radical (unpaired) electrons. The highest BCUT2D eigenvalue weighted by atomic mass is 19.1. The van der Waals surface area contributed by atoms with Crippen molar-refractivity contribution >= 4 is 17.8 Å². The summed E-state index contributed by atoms with van der Waals surface area (Å²) in [6, 6.07) is 9.00. The Bertz CT molecular complexity index is 1010. The molecule has 1 unspecified atom stereocenters. The topological polar surface area (TPSA) is 74.0 Å². The van der Waals surface area contributed by atoms with Crippen molar-refractivity contribution in [2.75, 3.05) is 18.1 Å². The Kier molecular flexibility index (Phi) is 4.84. The van der Waals surface area contributed by atoms with Crippen LogP contribution in [0.2, 0.25) is 0 Å². The molecule has 164 valence electrons. The lowest BCUT2D eigenvalue weighted by Crippen LogP contribution is -2.50. The predicted molar refractivity (Wildman–Crippen MR) is 116 cm³/mol. The van der Waals surface area contributed by atoms with Crippen molar-refractivity contribution in [2.24, 2.45) is 10.5 Å². The van der Waals surface area contributed by atoms with E-state index >= 15 is 0 Å². The minimum Gasteiger partial charge on any atom is -0.390 e. The minimum absolute atomic E-state index is 0.0396. The zero-order chi connectivity index (χ0) is 21.6. The van der Waals surface area contributed by atoms with Gasteiger partial charge in [-0.1, -0.05) is 13.0 Å². The number of halogens is 1. The van der Waals surface area contributed by atoms with E-state index in [1.165, 1.54) is 10.7 Å². The second kappa shape index (κ2) is 7.44. The lowest BCUT2D eigenvalue weighted by Gasteiger charge is -2.41. The lowest BCUT2D eigenvalue weighted by atomic mass is 9.84. The van der Waals surface area contributed by atoms with E-state index in [1.54, 1.807) is 6.20 Å². The number of hydrazone groups is 1. The molecule has 1 saturated heterocycles. The van der Waals surface area contributed by atoms with Crippen molar-refractivity contribution in [3.05, 3.63) is 42.5 Å². The zero-order valence-corrected chi connectivity index (χ0v) is 17.7. The molecule has 2 aliphatic heterocycles. The fourth-order valence-corrected chi connectivity index (χ4v) is 4.67. The summed E-state index contributed by atoms with van der Waals surface area (Å²) in [4.78, 5) is 14.5. The smallest absolute Gasteiger partial charge is 0.233 e. The molecule has 2 aromatic rings. The van der Waals surface area contributed by atoms with Crippen LogP contribution in [-0.2, 0) is 4.79 Å². The van der Waals surface area contributed by atoms with Crippen molar-refractivity contribution in [2.45, 2.75) is 57.1 Å². The number of benzene rings is 1. The van der Waals surface area contributed by atoms with Gasteiger partial charge in [-0.05, 0) is 50.3 Å². The molecule has 5 rings (SSSR count). The number of carbonyl (C=O) groups excluding carboxylic acids is 1. The number of nitrogens with zero attached hydrogens (tertiary/aromatic N) is 5. The molecule has 0 spiro atoms. The number of hydrogen-bond acceptors (Lipinski definition) is 5. The standard InChI is InChI=1S/C23H28FN5O2/c1-22(7-8-22)21(30)27-13-9-23(31,10-14-27)16-19-5-11-25-29(19)18-4-2-3-17(15-18)28-12-6-20(24)26-28/h2-4,6,11-12,15,19,31H,5,7-10,13-14,16H2,1H3. The average Bonchev–Trinajstić information content (AvgIpc) is 3.13. The second-order valence-electron chi connectivity index (χ2n) is 9.42. The Balaban J connectivity index is 1.26. The van der Waals surface area contributed by atoms with Crippen LogP contribution in [0.4, 0.5) is 10.1 Å². The molecule has 3 heterocycles. The van der Waals surface area contributed by atoms with Crippen molar-refractivity contribution in [3.8, 4) is 5.69 Å². The number of aromatic nitrogens is 2. The Morgan fingerprint density at radius 2 is 1.94 bits per heavy atom. The molecule has 1 aromatic heterocycles. The number of aliphatic hydroxyl groups is 1. The summed E-state index contributed by atoms with van der Waals surface area (Å²) >= 11 is 0. The third kappa shape index (κ3) is 3.96. The van der Waals surface area contributed by atoms with E-state index in [1.807, 2.05) is 47.3 Å². The van der Waals surface area contributed by atoms with Gasteiger partial charge in [-0.25, -0.2) is 4.68 Å². The zero-order valence-electron chi connectivity index (χ0n) is 17.7. The highest BCUT2D eigenvalue weighted by molar-refractivity contribution is 5.85. The van der Waals surface area contributed by atoms with E-state index in [9.17, 15) is 14.3 Å². The number of anilines is 1. The van der Waals surface area contributed by atoms with Crippen LogP contribution in [0.1, 0.15) is 45.4 Å². The molecule has 1 amide bonds. The quantitative estimate of drug-likeness (QED) is 0.799. The van der Waals surface area contributed by atoms with E-state index in [-0.39, 0.29) is 17.4 Å². The molecule has 1 saturated carbocycles. The van der Waals surface area contributed by atoms with Crippen LogP contribution >= 0.6 is 0 Å². The molecule has 1 atom stereocenters. The molecular formula is C23H28FN5O2. The van der Waals surface area contributed by atoms with Crippen LogP contribution in [0.15, 0.2) is 41.6 Å². The van der Waals surface area contributed by atoms with Crippen LogP contribution in [0.5, 0.6) is 0 Å². The molecule has 1 N–H and O–H groups in total. The number of piperidine rings is 1. The van der Waals surface area contributed by atoms with Gasteiger partial charge in [0.2, 0.25) is 11.9 Å². The maximum absolute atomic E-state index is 13.3. The Hall–Kier alpha value is -2.74. The fourth-order valence-electron chi connectivity index (χ4n) is 4.67. The van der Waals surface area contributed by atoms with Crippen LogP contribution in [0, 0.1) is 11.4 Å². The molecule has 31 heavy (non-hydrogen) atoms. The molecule has 3 aliphatic rings. The van der Waals surface area contributed by atoms with Gasteiger partial charge in [-0.3, -0.25) is 9.80 Å². The summed E-state index contributed by atoms with van der Waals surface area (Å²) < 4.78 is 14.8. The van der Waals surface area contributed by atoms with Crippen molar-refractivity contribution in [1.82, 2.24) is 14.7 Å². The molecular weight excluding hydrogens is 397 g/mol. The summed E-state index contributed by atoms with van der Waals surface area (Å²) in [5.41, 5.74) is 0.667. The molecule has 7 nitrogen and oxygen atoms in total. The van der Waals surface area contributed by atoms with Gasteiger partial charge in [0.1, 0.15) is 0 Å². The summed E-state index contributed by atoms with van der Waals surface area (Å²) in [7, 11) is 0. The number of likely N-dealkylation sites (tertiary alicyclic amines) is 1. The highest BCUT2D eigenvalue weighted by Crippen LogP contribution is 2.47. The highest BCUT2D eigenvalue weighted by Gasteiger charge is 2.48. The first kappa shape index (κ1) is 20.2. The van der Waals surface area contributed by atoms with E-state index in [0.29, 0.717) is 32.4 Å². The monoisotopic (exact) mass is 425 g/mol. The van der Waals surface area contributed by atoms with Gasteiger partial charge in [0.15, 0.2) is 0 Å². The second-order valence-corrected chi connectivity index (χ2v) is 9.42. The van der Waals surface area contributed by atoms with Crippen molar-refractivity contribution < 1.29 is 14.3 Å². The predicted octanol–water partition coefficient (Wildman–Crippen LogP) is 3.12. The minimum atomic E-state index is -0.805. The molecule has 0 bridgehead atoms. The maximum Gasteiger partial charge on any atom is 0.233 e. The van der Waals surface area contributed by atoms with Gasteiger partial charge in [0, 0.05) is 43.4 Å². The van der Waals surface area contributed by atoms with E-state index in [2.05, 4.69) is 10.2 Å². The first-order valence-corrected chi connectivity index (χ1v) is 11.0. The lowest BCUT2D eigenvalue weighted by molar-refractivity contribution is -0.140. The van der Waals surface area contributed by atoms with Gasteiger partial charge in [0.05, 0.1) is 23.0 Å². The Morgan fingerprint density at radius 3 is 2.61 bits per heavy atom. The summed E-state index contributed by atoms with van der Waals surface area (Å²) in [5.74, 6) is -0.280. The number of hydrogen-bond donors (Lipinski definition) is 1. The third-order valence-corrected chi connectivity index (χ3v) is 6.96. The van der Waals surface area contributed by atoms with Crippen LogP contribution in [0.3, 0.4) is 0 Å². The SMILES string of the molecule is CC1(C(=O)N2CCC(O)(CC3CC=NN3c3cccc(-n4ccc(F)n4)c3)CC2)CC1. The van der Waals surface area contributed by atoms with Gasteiger partial charge in [-0.15, -0.1) is 5.10 Å². The molecule has 2 fully saturated rings. The first-order valence-electron chi connectivity index (χ1n) is 11.0. The third-order valence-electron chi connectivity index (χ3n) is 6.96. The van der Waals surface area contributed by atoms with E-state index < -0.39 is 11.5 Å². The molecule has 1 aliphatic carbocycles. The summed E-state index contributed by atoms with van der Waals surface area (Å²) in [6.45, 7) is 3.26. The van der Waals surface area contributed by atoms with Gasteiger partial charge >= 0.3 is 0 Å². The number of amides is 1. The summed E-state index contributed by atoms with van der Waals surface area (Å²) in [5, 5.41) is 21.6. The van der Waals surface area contributed by atoms with E-state index in [0.717, 1.165) is 30.6 Å². The number of carbonyl (C=O) groups is 1. The van der Waals surface area contributed by atoms with Crippen LogP contribution < -0.4 is 5.01 Å². The van der Waals surface area contributed by atoms with Gasteiger partial charge in [0.25, 0.3) is 0 Å². The van der Waals surface area contributed by atoms with Crippen LogP contribution in [0.25, 0.3) is 5.69 Å². The Labute approximate surface area is 181 Å². The first-order chi connectivity index (χ1) is 14.9. The maximum atomic E-state index is 13.3. The van der Waals surface area contributed by atoms with Gasteiger partial charge < -0.3 is 10.0 Å². The molecule has 8 heteroatoms. The van der Waals surface area contributed by atoms with E-state index in [4.69, 9.17) is 0 Å².